The summed E-state index contributed by atoms with van der Waals surface area (Å²) in [4.78, 5) is 2.90. The molecule has 36 heavy (non-hydrogen) atoms. The summed E-state index contributed by atoms with van der Waals surface area (Å²) in [5.74, 6) is 0.122. The van der Waals surface area contributed by atoms with Gasteiger partial charge in [0.05, 0.1) is 17.1 Å². The number of anilines is 1. The van der Waals surface area contributed by atoms with E-state index in [9.17, 15) is 13.5 Å². The monoisotopic (exact) mass is 506 g/mol. The van der Waals surface area contributed by atoms with Gasteiger partial charge in [0, 0.05) is 0 Å². The Balaban J connectivity index is 1.60. The number of likely N-dealkylation sites (tertiary alicyclic amines) is 1. The quantitative estimate of drug-likeness (QED) is 0.379. The summed E-state index contributed by atoms with van der Waals surface area (Å²) in [6.07, 6.45) is 6.04. The highest BCUT2D eigenvalue weighted by molar-refractivity contribution is 7.92. The van der Waals surface area contributed by atoms with E-state index in [0.29, 0.717) is 10.6 Å². The number of hydrogen-bond donors (Lipinski definition) is 1. The van der Waals surface area contributed by atoms with Crippen molar-refractivity contribution in [3.05, 3.63) is 88.5 Å². The van der Waals surface area contributed by atoms with E-state index < -0.39 is 10.0 Å². The molecular formula is C30H38N2O3S. The summed E-state index contributed by atoms with van der Waals surface area (Å²) in [7, 11) is -3.84. The van der Waals surface area contributed by atoms with Crippen molar-refractivity contribution >= 4 is 15.7 Å². The molecule has 0 aliphatic carbocycles. The lowest BCUT2D eigenvalue weighted by Gasteiger charge is -2.27. The number of aryl methyl sites for hydroxylation is 4. The van der Waals surface area contributed by atoms with Crippen LogP contribution in [0, 0.1) is 20.8 Å². The minimum Gasteiger partial charge on any atom is -0.508 e. The number of hydrogen-bond acceptors (Lipinski definition) is 4. The predicted molar refractivity (Wildman–Crippen MR) is 147 cm³/mol. The molecule has 3 aromatic carbocycles. The SMILES string of the molecule is Cc1cc(C)c(S(=O)(=O)N(Cc2cccc(O)c2)c2ccc(CCCN3CCCCC3)cc2)c(C)c1. The fraction of sp³-hybridized carbons (Fsp3) is 0.400. The van der Waals surface area contributed by atoms with Crippen molar-refractivity contribution in [1.82, 2.24) is 4.90 Å². The van der Waals surface area contributed by atoms with Crippen LogP contribution in [-0.2, 0) is 23.0 Å². The summed E-state index contributed by atoms with van der Waals surface area (Å²) < 4.78 is 29.6. The number of rotatable bonds is 9. The van der Waals surface area contributed by atoms with E-state index in [2.05, 4.69) is 4.90 Å². The maximum atomic E-state index is 14.1. The van der Waals surface area contributed by atoms with Crippen LogP contribution in [0.4, 0.5) is 5.69 Å². The van der Waals surface area contributed by atoms with Crippen molar-refractivity contribution in [2.24, 2.45) is 0 Å². The Morgan fingerprint density at radius 1 is 0.861 bits per heavy atom. The molecule has 6 heteroatoms. The van der Waals surface area contributed by atoms with Gasteiger partial charge in [-0.3, -0.25) is 4.31 Å². The first-order valence-electron chi connectivity index (χ1n) is 12.9. The van der Waals surface area contributed by atoms with Crippen LogP contribution in [0.2, 0.25) is 0 Å². The van der Waals surface area contributed by atoms with Crippen LogP contribution < -0.4 is 4.31 Å². The van der Waals surface area contributed by atoms with Crippen molar-refractivity contribution in [2.75, 3.05) is 23.9 Å². The van der Waals surface area contributed by atoms with Crippen molar-refractivity contribution in [1.29, 1.82) is 0 Å². The van der Waals surface area contributed by atoms with Crippen LogP contribution in [0.5, 0.6) is 5.75 Å². The first kappa shape index (κ1) is 26.2. The standard InChI is InChI=1S/C30H38N2O3S/c1-23-19-24(2)30(25(3)20-23)36(34,35)32(22-27-9-7-11-29(33)21-27)28-14-12-26(13-15-28)10-8-18-31-16-5-4-6-17-31/h7,9,11-15,19-21,33H,4-6,8,10,16-18,22H2,1-3H3. The highest BCUT2D eigenvalue weighted by Crippen LogP contribution is 2.31. The van der Waals surface area contributed by atoms with Gasteiger partial charge in [-0.1, -0.05) is 48.4 Å². The van der Waals surface area contributed by atoms with Gasteiger partial charge < -0.3 is 10.0 Å². The Labute approximate surface area is 216 Å². The van der Waals surface area contributed by atoms with Crippen molar-refractivity contribution in [3.63, 3.8) is 0 Å². The molecular weight excluding hydrogens is 468 g/mol. The second-order valence-corrected chi connectivity index (χ2v) is 11.9. The van der Waals surface area contributed by atoms with Gasteiger partial charge in [-0.25, -0.2) is 8.42 Å². The molecule has 192 valence electrons. The van der Waals surface area contributed by atoms with Gasteiger partial charge in [-0.05, 0) is 113 Å². The minimum atomic E-state index is -3.84. The summed E-state index contributed by atoms with van der Waals surface area (Å²) in [5.41, 5.74) is 5.08. The lowest BCUT2D eigenvalue weighted by molar-refractivity contribution is 0.226. The predicted octanol–water partition coefficient (Wildman–Crippen LogP) is 6.13. The molecule has 1 N–H and O–H groups in total. The number of nitrogens with zero attached hydrogens (tertiary/aromatic N) is 2. The van der Waals surface area contributed by atoms with E-state index in [1.54, 1.807) is 18.2 Å². The van der Waals surface area contributed by atoms with Crippen LogP contribution in [0.15, 0.2) is 65.6 Å². The lowest BCUT2D eigenvalue weighted by Crippen LogP contribution is -2.31. The van der Waals surface area contributed by atoms with Gasteiger partial charge in [0.2, 0.25) is 0 Å². The van der Waals surface area contributed by atoms with Gasteiger partial charge in [-0.2, -0.15) is 0 Å². The molecule has 5 nitrogen and oxygen atoms in total. The Morgan fingerprint density at radius 2 is 1.53 bits per heavy atom. The van der Waals surface area contributed by atoms with Gasteiger partial charge in [0.15, 0.2) is 0 Å². The van der Waals surface area contributed by atoms with Crippen LogP contribution in [0.3, 0.4) is 0 Å². The third-order valence-electron chi connectivity index (χ3n) is 7.00. The van der Waals surface area contributed by atoms with Crippen LogP contribution in [0.25, 0.3) is 0 Å². The molecule has 1 saturated heterocycles. The zero-order chi connectivity index (χ0) is 25.7. The zero-order valence-corrected chi connectivity index (χ0v) is 22.5. The fourth-order valence-electron chi connectivity index (χ4n) is 5.34. The third-order valence-corrected chi connectivity index (χ3v) is 9.08. The Hall–Kier alpha value is -2.83. The fourth-order valence-corrected chi connectivity index (χ4v) is 7.21. The molecule has 4 rings (SSSR count). The number of phenols is 1. The lowest BCUT2D eigenvalue weighted by atomic mass is 10.1. The topological polar surface area (TPSA) is 60.9 Å². The zero-order valence-electron chi connectivity index (χ0n) is 21.7. The van der Waals surface area contributed by atoms with Gasteiger partial charge >= 0.3 is 0 Å². The summed E-state index contributed by atoms with van der Waals surface area (Å²) in [6, 6.07) is 18.5. The second-order valence-electron chi connectivity index (χ2n) is 10.1. The highest BCUT2D eigenvalue weighted by atomic mass is 32.2. The number of phenolic OH excluding ortho intramolecular Hbond substituents is 1. The average molecular weight is 507 g/mol. The smallest absolute Gasteiger partial charge is 0.265 e. The van der Waals surface area contributed by atoms with Crippen molar-refractivity contribution in [3.8, 4) is 5.75 Å². The van der Waals surface area contributed by atoms with E-state index in [1.807, 2.05) is 63.2 Å². The Bertz CT molecular complexity index is 1260. The third kappa shape index (κ3) is 6.29. The van der Waals surface area contributed by atoms with Gasteiger partial charge in [-0.15, -0.1) is 0 Å². The molecule has 1 heterocycles. The molecule has 0 atom stereocenters. The maximum Gasteiger partial charge on any atom is 0.265 e. The molecule has 0 radical (unpaired) electrons. The largest absolute Gasteiger partial charge is 0.508 e. The van der Waals surface area contributed by atoms with E-state index >= 15 is 0 Å². The molecule has 0 unspecified atom stereocenters. The van der Waals surface area contributed by atoms with E-state index in [1.165, 1.54) is 42.2 Å². The van der Waals surface area contributed by atoms with Crippen molar-refractivity contribution < 1.29 is 13.5 Å². The van der Waals surface area contributed by atoms with E-state index in [-0.39, 0.29) is 12.3 Å². The average Bonchev–Trinajstić information content (AvgIpc) is 2.83. The summed E-state index contributed by atoms with van der Waals surface area (Å²) >= 11 is 0. The Kier molecular flexibility index (Phi) is 8.37. The van der Waals surface area contributed by atoms with Crippen LogP contribution in [-0.4, -0.2) is 38.1 Å². The van der Waals surface area contributed by atoms with Crippen molar-refractivity contribution in [2.45, 2.75) is 64.3 Å². The first-order chi connectivity index (χ1) is 17.2. The van der Waals surface area contributed by atoms with Crippen LogP contribution >= 0.6 is 0 Å². The number of sulfonamides is 1. The number of piperidine rings is 1. The van der Waals surface area contributed by atoms with Crippen LogP contribution in [0.1, 0.15) is 53.5 Å². The Morgan fingerprint density at radius 3 is 2.17 bits per heavy atom. The summed E-state index contributed by atoms with van der Waals surface area (Å²) in [5, 5.41) is 9.98. The second kappa shape index (κ2) is 11.5. The normalized spacial score (nSPS) is 14.6. The molecule has 0 aromatic heterocycles. The maximum absolute atomic E-state index is 14.1. The molecule has 0 amide bonds. The molecule has 0 spiro atoms. The van der Waals surface area contributed by atoms with E-state index in [4.69, 9.17) is 0 Å². The highest BCUT2D eigenvalue weighted by Gasteiger charge is 2.29. The summed E-state index contributed by atoms with van der Waals surface area (Å²) in [6.45, 7) is 9.35. The van der Waals surface area contributed by atoms with Gasteiger partial charge in [0.1, 0.15) is 5.75 Å². The molecule has 1 aliphatic heterocycles. The molecule has 1 aliphatic rings. The molecule has 0 bridgehead atoms. The minimum absolute atomic E-state index is 0.122. The molecule has 0 saturated carbocycles. The van der Waals surface area contributed by atoms with Gasteiger partial charge in [0.25, 0.3) is 10.0 Å². The molecule has 3 aromatic rings. The molecule has 1 fully saturated rings. The number of benzene rings is 3. The first-order valence-corrected chi connectivity index (χ1v) is 14.4. The number of aromatic hydroxyl groups is 1. The van der Waals surface area contributed by atoms with E-state index in [0.717, 1.165) is 41.6 Å².